The maximum absolute atomic E-state index is 7.40. The average molecular weight is 307 g/mol. The van der Waals surface area contributed by atoms with Crippen LogP contribution in [0.2, 0.25) is 0 Å². The Labute approximate surface area is 139 Å². The summed E-state index contributed by atoms with van der Waals surface area (Å²) >= 11 is 0. The molecule has 0 heterocycles. The third kappa shape index (κ3) is 5.99. The first kappa shape index (κ1) is 18.5. The number of hydrogen-bond donors (Lipinski definition) is 2. The summed E-state index contributed by atoms with van der Waals surface area (Å²) < 4.78 is 0. The fraction of sp³-hybridized carbons (Fsp3) is 0.250. The van der Waals surface area contributed by atoms with E-state index in [-0.39, 0.29) is 5.84 Å². The molecule has 0 bridgehead atoms. The largest absolute Gasteiger partial charge is 0.281 e. The Morgan fingerprint density at radius 3 is 2.39 bits per heavy atom. The highest BCUT2D eigenvalue weighted by atomic mass is 15.0. The van der Waals surface area contributed by atoms with Crippen LogP contribution in [0.3, 0.4) is 0 Å². The molecule has 2 rings (SSSR count). The second-order valence-corrected chi connectivity index (χ2v) is 5.37. The molecular weight excluding hydrogens is 282 g/mol. The lowest BCUT2D eigenvalue weighted by molar-refractivity contribution is 1.13. The van der Waals surface area contributed by atoms with E-state index < -0.39 is 0 Å². The predicted molar refractivity (Wildman–Crippen MR) is 98.4 cm³/mol. The maximum Gasteiger partial charge on any atom is 0.173 e. The van der Waals surface area contributed by atoms with Gasteiger partial charge in [0, 0.05) is 5.56 Å². The van der Waals surface area contributed by atoms with Gasteiger partial charge in [0.15, 0.2) is 5.84 Å². The van der Waals surface area contributed by atoms with Gasteiger partial charge in [-0.15, -0.1) is 5.11 Å². The summed E-state index contributed by atoms with van der Waals surface area (Å²) in [7, 11) is 0. The zero-order chi connectivity index (χ0) is 17.2. The lowest BCUT2D eigenvalue weighted by atomic mass is 10.0. The minimum absolute atomic E-state index is 0.00393. The molecule has 0 saturated heterocycles. The van der Waals surface area contributed by atoms with Crippen molar-refractivity contribution in [2.24, 2.45) is 5.11 Å². The van der Waals surface area contributed by atoms with Crippen LogP contribution in [0.5, 0.6) is 0 Å². The number of rotatable bonds is 3. The number of allylic oxidation sites excluding steroid dienone is 1. The van der Waals surface area contributed by atoms with Crippen molar-refractivity contribution >= 4 is 11.9 Å². The Hall–Kier alpha value is -2.55. The number of benzene rings is 2. The molecule has 0 unspecified atom stereocenters. The highest BCUT2D eigenvalue weighted by molar-refractivity contribution is 5.97. The minimum Gasteiger partial charge on any atom is -0.281 e. The van der Waals surface area contributed by atoms with E-state index in [4.69, 9.17) is 10.9 Å². The van der Waals surface area contributed by atoms with Crippen LogP contribution in [0.1, 0.15) is 41.7 Å². The van der Waals surface area contributed by atoms with Gasteiger partial charge >= 0.3 is 0 Å². The topological polar surface area (TPSA) is 60.1 Å². The monoisotopic (exact) mass is 307 g/mol. The molecule has 2 N–H and O–H groups in total. The van der Waals surface area contributed by atoms with Crippen LogP contribution in [-0.4, -0.2) is 5.84 Å². The Morgan fingerprint density at radius 2 is 1.87 bits per heavy atom. The van der Waals surface area contributed by atoms with Crippen molar-refractivity contribution in [2.75, 3.05) is 0 Å². The molecule has 3 nitrogen and oxygen atoms in total. The Kier molecular flexibility index (Phi) is 7.61. The smallest absolute Gasteiger partial charge is 0.173 e. The quantitative estimate of drug-likeness (QED) is 0.400. The van der Waals surface area contributed by atoms with Gasteiger partial charge in [-0.25, -0.2) is 5.53 Å². The van der Waals surface area contributed by atoms with E-state index in [0.717, 1.165) is 17.5 Å². The van der Waals surface area contributed by atoms with E-state index in [1.807, 2.05) is 44.2 Å². The highest BCUT2D eigenvalue weighted by Crippen LogP contribution is 2.13. The molecule has 3 heteroatoms. The van der Waals surface area contributed by atoms with Crippen LogP contribution in [0.15, 0.2) is 53.7 Å². The molecule has 0 spiro atoms. The van der Waals surface area contributed by atoms with Crippen molar-refractivity contribution in [3.8, 4) is 0 Å². The molecule has 0 aliphatic carbocycles. The van der Waals surface area contributed by atoms with Crippen LogP contribution < -0.4 is 0 Å². The summed E-state index contributed by atoms with van der Waals surface area (Å²) in [6, 6.07) is 14.2. The molecule has 0 aliphatic rings. The number of nitrogens with one attached hydrogen (secondary N) is 2. The molecule has 0 fully saturated rings. The first-order valence-electron chi connectivity index (χ1n) is 7.77. The van der Waals surface area contributed by atoms with Gasteiger partial charge in [-0.1, -0.05) is 61.0 Å². The minimum atomic E-state index is -0.00393. The van der Waals surface area contributed by atoms with E-state index in [1.165, 1.54) is 11.1 Å². The summed E-state index contributed by atoms with van der Waals surface area (Å²) in [6.07, 6.45) is 5.07. The molecule has 0 saturated carbocycles. The third-order valence-electron chi connectivity index (χ3n) is 3.50. The van der Waals surface area contributed by atoms with Gasteiger partial charge in [-0.05, 0) is 49.9 Å². The van der Waals surface area contributed by atoms with E-state index in [1.54, 1.807) is 0 Å². The summed E-state index contributed by atoms with van der Waals surface area (Å²) in [6.45, 7) is 8.26. The van der Waals surface area contributed by atoms with E-state index >= 15 is 0 Å². The molecule has 0 radical (unpaired) electrons. The molecule has 23 heavy (non-hydrogen) atoms. The lowest BCUT2D eigenvalue weighted by Gasteiger charge is -2.03. The summed E-state index contributed by atoms with van der Waals surface area (Å²) in [5, 5.41) is 10.5. The Bertz CT molecular complexity index is 700. The van der Waals surface area contributed by atoms with Crippen molar-refractivity contribution in [1.29, 1.82) is 10.9 Å². The van der Waals surface area contributed by atoms with Crippen LogP contribution in [-0.2, 0) is 6.42 Å². The molecule has 2 aromatic carbocycles. The zero-order valence-electron chi connectivity index (χ0n) is 14.4. The van der Waals surface area contributed by atoms with Gasteiger partial charge in [0.2, 0.25) is 0 Å². The first-order valence-corrected chi connectivity index (χ1v) is 7.77. The first-order chi connectivity index (χ1) is 11.0. The van der Waals surface area contributed by atoms with Crippen molar-refractivity contribution in [3.63, 3.8) is 0 Å². The highest BCUT2D eigenvalue weighted by Gasteiger charge is 2.01. The second-order valence-electron chi connectivity index (χ2n) is 5.37. The van der Waals surface area contributed by atoms with Crippen LogP contribution in [0.25, 0.3) is 6.08 Å². The third-order valence-corrected chi connectivity index (χ3v) is 3.50. The van der Waals surface area contributed by atoms with Crippen molar-refractivity contribution in [1.82, 2.24) is 0 Å². The van der Waals surface area contributed by atoms with Crippen LogP contribution >= 0.6 is 0 Å². The standard InChI is InChI=1S/C11H13N3.C9H12/c1-3-4-9-7-10(11(12)14-13)6-5-8(9)2;1-3-9-6-4-5-8(2)7-9/h3-7,12-13H,1-2H3;4-7H,3H2,1-2H3/b4-3-,12-11?,14-13?;. The van der Waals surface area contributed by atoms with E-state index in [0.29, 0.717) is 5.56 Å². The molecule has 0 amide bonds. The summed E-state index contributed by atoms with van der Waals surface area (Å²) in [5.41, 5.74) is 12.4. The number of amidine groups is 1. The molecule has 0 aliphatic heterocycles. The van der Waals surface area contributed by atoms with Gasteiger partial charge in [0.1, 0.15) is 0 Å². The summed E-state index contributed by atoms with van der Waals surface area (Å²) in [5.74, 6) is -0.00393. The summed E-state index contributed by atoms with van der Waals surface area (Å²) in [4.78, 5) is 0. The van der Waals surface area contributed by atoms with Gasteiger partial charge < -0.3 is 0 Å². The zero-order valence-corrected chi connectivity index (χ0v) is 14.4. The number of aryl methyl sites for hydroxylation is 3. The fourth-order valence-corrected chi connectivity index (χ4v) is 2.14. The van der Waals surface area contributed by atoms with Gasteiger partial charge in [-0.3, -0.25) is 5.41 Å². The van der Waals surface area contributed by atoms with Gasteiger partial charge in [0.25, 0.3) is 0 Å². The van der Waals surface area contributed by atoms with E-state index in [2.05, 4.69) is 43.2 Å². The predicted octanol–water partition coefficient (Wildman–Crippen LogP) is 5.94. The number of nitrogens with zero attached hydrogens (tertiary/aromatic N) is 1. The van der Waals surface area contributed by atoms with Gasteiger partial charge in [-0.2, -0.15) is 0 Å². The molecule has 120 valence electrons. The van der Waals surface area contributed by atoms with Gasteiger partial charge in [0.05, 0.1) is 0 Å². The second kappa shape index (κ2) is 9.46. The molecular formula is C20H25N3. The lowest BCUT2D eigenvalue weighted by Crippen LogP contribution is -1.94. The Morgan fingerprint density at radius 1 is 1.13 bits per heavy atom. The number of hydrogen-bond acceptors (Lipinski definition) is 2. The fourth-order valence-electron chi connectivity index (χ4n) is 2.14. The molecule has 0 aromatic heterocycles. The Balaban J connectivity index is 0.000000253. The van der Waals surface area contributed by atoms with Crippen LogP contribution in [0, 0.1) is 24.8 Å². The van der Waals surface area contributed by atoms with Crippen molar-refractivity contribution in [2.45, 2.75) is 34.1 Å². The normalized spacial score (nSPS) is 10.1. The van der Waals surface area contributed by atoms with Crippen LogP contribution in [0.4, 0.5) is 0 Å². The SMILES string of the molecule is C/C=C\c1cc(C(=N)N=N)ccc1C.CCc1cccc(C)c1. The van der Waals surface area contributed by atoms with E-state index in [9.17, 15) is 0 Å². The average Bonchev–Trinajstić information content (AvgIpc) is 2.57. The van der Waals surface area contributed by atoms with Crippen molar-refractivity contribution in [3.05, 3.63) is 76.4 Å². The molecule has 0 atom stereocenters. The van der Waals surface area contributed by atoms with Crippen molar-refractivity contribution < 1.29 is 0 Å². The molecule has 2 aromatic rings. The maximum atomic E-state index is 7.40.